The lowest BCUT2D eigenvalue weighted by Gasteiger charge is -2.28. The number of hydrogen-bond acceptors (Lipinski definition) is 7. The number of ether oxygens (including phenoxy) is 1. The number of rotatable bonds is 7. The van der Waals surface area contributed by atoms with Gasteiger partial charge in [-0.05, 0) is 50.2 Å². The highest BCUT2D eigenvalue weighted by Crippen LogP contribution is 2.34. The zero-order valence-corrected chi connectivity index (χ0v) is 19.0. The molecule has 0 aliphatic carbocycles. The molecule has 0 radical (unpaired) electrons. The minimum absolute atomic E-state index is 0.000170. The van der Waals surface area contributed by atoms with Crippen molar-refractivity contribution in [3.05, 3.63) is 47.8 Å². The van der Waals surface area contributed by atoms with Gasteiger partial charge in [-0.3, -0.25) is 24.7 Å². The highest BCUT2D eigenvalue weighted by atomic mass is 32.2. The minimum Gasteiger partial charge on any atom is -0.482 e. The van der Waals surface area contributed by atoms with Crippen LogP contribution in [-0.4, -0.2) is 54.0 Å². The second-order valence-corrected chi connectivity index (χ2v) is 9.14. The van der Waals surface area contributed by atoms with Crippen LogP contribution in [0.4, 0.5) is 5.69 Å². The Morgan fingerprint density at radius 2 is 1.97 bits per heavy atom. The molecule has 0 saturated heterocycles. The van der Waals surface area contributed by atoms with Gasteiger partial charge in [-0.15, -0.1) is 4.83 Å². The van der Waals surface area contributed by atoms with Gasteiger partial charge >= 0.3 is 5.97 Å². The van der Waals surface area contributed by atoms with E-state index in [9.17, 15) is 22.8 Å². The van der Waals surface area contributed by atoms with Crippen LogP contribution in [0.5, 0.6) is 5.75 Å². The average molecular weight is 487 g/mol. The van der Waals surface area contributed by atoms with E-state index >= 15 is 0 Å². The quantitative estimate of drug-likeness (QED) is 0.413. The smallest absolute Gasteiger partial charge is 0.323 e. The van der Waals surface area contributed by atoms with Crippen molar-refractivity contribution in [3.63, 3.8) is 0 Å². The number of hydrogen-bond donors (Lipinski definition) is 3. The monoisotopic (exact) mass is 487 g/mol. The number of imidazole rings is 1. The first-order valence-electron chi connectivity index (χ1n) is 10.2. The van der Waals surface area contributed by atoms with Gasteiger partial charge in [-0.25, -0.2) is 13.4 Å². The Balaban J connectivity index is 1.54. The second kappa shape index (κ2) is 8.76. The third-order valence-electron chi connectivity index (χ3n) is 5.29. The predicted molar refractivity (Wildman–Crippen MR) is 120 cm³/mol. The molecule has 2 aromatic carbocycles. The fourth-order valence-electron chi connectivity index (χ4n) is 3.69. The molecule has 34 heavy (non-hydrogen) atoms. The third kappa shape index (κ3) is 4.30. The molecule has 2 amide bonds. The lowest BCUT2D eigenvalue weighted by molar-refractivity contribution is -0.137. The molecule has 178 valence electrons. The van der Waals surface area contributed by atoms with E-state index in [1.807, 2.05) is 23.2 Å². The Morgan fingerprint density at radius 1 is 1.21 bits per heavy atom. The number of amides is 2. The standard InChI is InChI=1S/C21H21N5O7S/c1-3-25-12(2)22-15-8-13(4-6-16(15)25)21(30)23-24-34(31,32)14-5-7-18-17(9-14)26(10-20(28)29)19(27)11-33-18/h4-9,24H,3,10-11H2,1-2H3,(H,23,30)(H,28,29). The molecule has 0 atom stereocenters. The molecule has 0 saturated carbocycles. The summed E-state index contributed by atoms with van der Waals surface area (Å²) in [5.41, 5.74) is 3.81. The highest BCUT2D eigenvalue weighted by molar-refractivity contribution is 7.89. The number of carboxylic acid groups (broad SMARTS) is 1. The Kier molecular flexibility index (Phi) is 5.98. The van der Waals surface area contributed by atoms with Crippen LogP contribution < -0.4 is 19.9 Å². The molecule has 0 bridgehead atoms. The zero-order chi connectivity index (χ0) is 24.6. The van der Waals surface area contributed by atoms with Crippen molar-refractivity contribution in [2.24, 2.45) is 0 Å². The first-order chi connectivity index (χ1) is 16.1. The van der Waals surface area contributed by atoms with Gasteiger partial charge < -0.3 is 14.4 Å². The summed E-state index contributed by atoms with van der Waals surface area (Å²) in [5, 5.41) is 9.07. The van der Waals surface area contributed by atoms with E-state index in [0.717, 1.165) is 28.9 Å². The summed E-state index contributed by atoms with van der Waals surface area (Å²) in [4.78, 5) is 42.8. The second-order valence-electron chi connectivity index (χ2n) is 7.46. The van der Waals surface area contributed by atoms with Crippen LogP contribution >= 0.6 is 0 Å². The third-order valence-corrected chi connectivity index (χ3v) is 6.54. The first kappa shape index (κ1) is 23.2. The maximum atomic E-state index is 12.8. The molecular weight excluding hydrogens is 466 g/mol. The maximum absolute atomic E-state index is 12.8. The van der Waals surface area contributed by atoms with E-state index in [1.165, 1.54) is 12.1 Å². The molecule has 0 unspecified atom stereocenters. The van der Waals surface area contributed by atoms with Crippen molar-refractivity contribution < 1.29 is 32.6 Å². The van der Waals surface area contributed by atoms with Crippen LogP contribution in [0.2, 0.25) is 0 Å². The van der Waals surface area contributed by atoms with Crippen LogP contribution in [-0.2, 0) is 26.2 Å². The van der Waals surface area contributed by atoms with Crippen molar-refractivity contribution in [2.75, 3.05) is 18.1 Å². The summed E-state index contributed by atoms with van der Waals surface area (Å²) in [6.45, 7) is 3.54. The topological polar surface area (TPSA) is 160 Å². The molecule has 1 aromatic heterocycles. The Morgan fingerprint density at radius 3 is 2.68 bits per heavy atom. The summed E-state index contributed by atoms with van der Waals surface area (Å²) < 4.78 is 32.8. The summed E-state index contributed by atoms with van der Waals surface area (Å²) >= 11 is 0. The van der Waals surface area contributed by atoms with E-state index in [2.05, 4.69) is 10.4 Å². The Hall–Kier alpha value is -3.97. The van der Waals surface area contributed by atoms with Gasteiger partial charge in [-0.1, -0.05) is 0 Å². The molecule has 13 heteroatoms. The van der Waals surface area contributed by atoms with Crippen molar-refractivity contribution in [2.45, 2.75) is 25.3 Å². The number of fused-ring (bicyclic) bond motifs is 2. The molecule has 3 aromatic rings. The van der Waals surface area contributed by atoms with Gasteiger partial charge in [-0.2, -0.15) is 0 Å². The van der Waals surface area contributed by atoms with Gasteiger partial charge in [0.25, 0.3) is 21.8 Å². The van der Waals surface area contributed by atoms with Crippen LogP contribution in [0.25, 0.3) is 11.0 Å². The number of nitrogens with one attached hydrogen (secondary N) is 2. The van der Waals surface area contributed by atoms with Gasteiger partial charge in [0.2, 0.25) is 0 Å². The van der Waals surface area contributed by atoms with Crippen molar-refractivity contribution >= 4 is 44.5 Å². The van der Waals surface area contributed by atoms with Crippen molar-refractivity contribution in [3.8, 4) is 5.75 Å². The van der Waals surface area contributed by atoms with E-state index in [1.54, 1.807) is 18.2 Å². The van der Waals surface area contributed by atoms with Crippen LogP contribution in [0.1, 0.15) is 23.1 Å². The number of carboxylic acids is 1. The first-order valence-corrected chi connectivity index (χ1v) is 11.7. The summed E-state index contributed by atoms with van der Waals surface area (Å²) in [6.07, 6.45) is 0. The fraction of sp³-hybridized carbons (Fsp3) is 0.238. The molecular formula is C21H21N5O7S. The molecule has 0 fully saturated rings. The number of hydrazine groups is 1. The normalized spacial score (nSPS) is 13.5. The number of carbonyl (C=O) groups excluding carboxylic acids is 2. The fourth-order valence-corrected chi connectivity index (χ4v) is 4.55. The number of carbonyl (C=O) groups is 3. The highest BCUT2D eigenvalue weighted by Gasteiger charge is 2.29. The van der Waals surface area contributed by atoms with Crippen LogP contribution in [0.15, 0.2) is 41.3 Å². The molecule has 12 nitrogen and oxygen atoms in total. The molecule has 2 heterocycles. The van der Waals surface area contributed by atoms with Crippen molar-refractivity contribution in [1.29, 1.82) is 0 Å². The van der Waals surface area contributed by atoms with E-state index in [4.69, 9.17) is 9.84 Å². The Bertz CT molecular complexity index is 1430. The SMILES string of the molecule is CCn1c(C)nc2cc(C(=O)NNS(=O)(=O)c3ccc4c(c3)N(CC(=O)O)C(=O)CO4)ccc21. The lowest BCUT2D eigenvalue weighted by Crippen LogP contribution is -2.43. The number of anilines is 1. The number of aliphatic carboxylic acids is 1. The Labute approximate surface area is 194 Å². The van der Waals surface area contributed by atoms with E-state index in [0.29, 0.717) is 5.52 Å². The number of benzene rings is 2. The number of sulfonamides is 1. The summed E-state index contributed by atoms with van der Waals surface area (Å²) in [5.74, 6) is -1.63. The minimum atomic E-state index is -4.26. The van der Waals surface area contributed by atoms with E-state index < -0.39 is 34.4 Å². The summed E-state index contributed by atoms with van der Waals surface area (Å²) in [7, 11) is -4.26. The predicted octanol–water partition coefficient (Wildman–Crippen LogP) is 0.798. The van der Waals surface area contributed by atoms with Crippen molar-refractivity contribution in [1.82, 2.24) is 19.8 Å². The molecule has 0 spiro atoms. The summed E-state index contributed by atoms with van der Waals surface area (Å²) in [6, 6.07) is 8.49. The number of nitrogens with zero attached hydrogens (tertiary/aromatic N) is 3. The maximum Gasteiger partial charge on any atom is 0.323 e. The van der Waals surface area contributed by atoms with Gasteiger partial charge in [0.1, 0.15) is 18.1 Å². The van der Waals surface area contributed by atoms with Gasteiger partial charge in [0.05, 0.1) is 21.6 Å². The van der Waals surface area contributed by atoms with Crippen LogP contribution in [0, 0.1) is 6.92 Å². The number of aryl methyl sites for hydroxylation is 2. The molecule has 1 aliphatic heterocycles. The lowest BCUT2D eigenvalue weighted by atomic mass is 10.2. The zero-order valence-electron chi connectivity index (χ0n) is 18.2. The molecule has 1 aliphatic rings. The largest absolute Gasteiger partial charge is 0.482 e. The molecule has 3 N–H and O–H groups in total. The van der Waals surface area contributed by atoms with Gasteiger partial charge in [0, 0.05) is 12.1 Å². The van der Waals surface area contributed by atoms with Gasteiger partial charge in [0.15, 0.2) is 6.61 Å². The number of aromatic nitrogens is 2. The molecule has 4 rings (SSSR count). The van der Waals surface area contributed by atoms with E-state index in [-0.39, 0.29) is 28.5 Å². The average Bonchev–Trinajstić information content (AvgIpc) is 3.12. The van der Waals surface area contributed by atoms with Crippen LogP contribution in [0.3, 0.4) is 0 Å².